The molecule has 0 spiro atoms. The Morgan fingerprint density at radius 1 is 1.10 bits per heavy atom. The Balaban J connectivity index is 1.80. The van der Waals surface area contributed by atoms with E-state index in [4.69, 9.17) is 0 Å². The SMILES string of the molecule is C=C1CCCC/C1=C/C=C1\CCC[C@]2(C)C(CC)CCC12. The van der Waals surface area contributed by atoms with Crippen molar-refractivity contribution in [3.8, 4) is 0 Å². The summed E-state index contributed by atoms with van der Waals surface area (Å²) >= 11 is 0. The molecule has 3 aliphatic rings. The van der Waals surface area contributed by atoms with Crippen LogP contribution in [0.25, 0.3) is 0 Å². The summed E-state index contributed by atoms with van der Waals surface area (Å²) in [5, 5.41) is 0. The summed E-state index contributed by atoms with van der Waals surface area (Å²) in [6, 6.07) is 0. The van der Waals surface area contributed by atoms with E-state index in [0.29, 0.717) is 5.41 Å². The number of allylic oxidation sites excluding steroid dienone is 5. The van der Waals surface area contributed by atoms with Gasteiger partial charge in [0.05, 0.1) is 0 Å². The fourth-order valence-electron chi connectivity index (χ4n) is 5.42. The summed E-state index contributed by atoms with van der Waals surface area (Å²) in [4.78, 5) is 0. The van der Waals surface area contributed by atoms with Crippen LogP contribution < -0.4 is 0 Å². The lowest BCUT2D eigenvalue weighted by molar-refractivity contribution is 0.133. The maximum absolute atomic E-state index is 4.27. The molecule has 0 nitrogen and oxygen atoms in total. The van der Waals surface area contributed by atoms with E-state index in [-0.39, 0.29) is 0 Å². The molecule has 21 heavy (non-hydrogen) atoms. The fourth-order valence-corrected chi connectivity index (χ4v) is 5.42. The molecule has 0 radical (unpaired) electrons. The first-order chi connectivity index (χ1) is 10.1. The Morgan fingerprint density at radius 2 is 1.90 bits per heavy atom. The lowest BCUT2D eigenvalue weighted by atomic mass is 9.63. The highest BCUT2D eigenvalue weighted by atomic mass is 14.5. The Morgan fingerprint density at radius 3 is 2.67 bits per heavy atom. The van der Waals surface area contributed by atoms with Gasteiger partial charge in [-0.05, 0) is 80.6 Å². The minimum atomic E-state index is 0.598. The third-order valence-corrected chi connectivity index (χ3v) is 6.78. The predicted molar refractivity (Wildman–Crippen MR) is 92.2 cm³/mol. The summed E-state index contributed by atoms with van der Waals surface area (Å²) in [6.45, 7) is 9.24. The minimum absolute atomic E-state index is 0.598. The maximum atomic E-state index is 4.27. The molecule has 3 atom stereocenters. The van der Waals surface area contributed by atoms with Crippen molar-refractivity contribution in [1.82, 2.24) is 0 Å². The van der Waals surface area contributed by atoms with E-state index in [2.05, 4.69) is 32.6 Å². The van der Waals surface area contributed by atoms with Gasteiger partial charge in [0, 0.05) is 0 Å². The molecule has 0 heterocycles. The highest BCUT2D eigenvalue weighted by Gasteiger charge is 2.48. The van der Waals surface area contributed by atoms with Crippen molar-refractivity contribution in [3.63, 3.8) is 0 Å². The second-order valence-electron chi connectivity index (χ2n) is 7.84. The van der Waals surface area contributed by atoms with Crippen molar-refractivity contribution in [1.29, 1.82) is 0 Å². The van der Waals surface area contributed by atoms with Gasteiger partial charge in [-0.25, -0.2) is 0 Å². The second-order valence-corrected chi connectivity index (χ2v) is 7.84. The van der Waals surface area contributed by atoms with Crippen LogP contribution in [0.4, 0.5) is 0 Å². The topological polar surface area (TPSA) is 0 Å². The van der Waals surface area contributed by atoms with Crippen LogP contribution in [0.2, 0.25) is 0 Å². The zero-order chi connectivity index (χ0) is 14.9. The van der Waals surface area contributed by atoms with Gasteiger partial charge in [0.2, 0.25) is 0 Å². The van der Waals surface area contributed by atoms with Crippen LogP contribution in [-0.2, 0) is 0 Å². The van der Waals surface area contributed by atoms with Crippen LogP contribution in [-0.4, -0.2) is 0 Å². The monoisotopic (exact) mass is 284 g/mol. The molecule has 0 saturated heterocycles. The number of hydrogen-bond acceptors (Lipinski definition) is 0. The third-order valence-electron chi connectivity index (χ3n) is 6.78. The molecule has 3 aliphatic carbocycles. The van der Waals surface area contributed by atoms with Crippen molar-refractivity contribution >= 4 is 0 Å². The quantitative estimate of drug-likeness (QED) is 0.536. The molecule has 3 fully saturated rings. The maximum Gasteiger partial charge on any atom is -0.0143 e. The standard InChI is InChI=1S/C21H32/c1-4-19-13-14-20-18(10-7-15-21(19,20)3)12-11-17-9-6-5-8-16(17)2/h11-12,19-20H,2,4-10,13-15H2,1,3H3/b17-11-,18-12+/t19?,20?,21-/m1/s1. The summed E-state index contributed by atoms with van der Waals surface area (Å²) < 4.78 is 0. The number of hydrogen-bond donors (Lipinski definition) is 0. The first-order valence-electron chi connectivity index (χ1n) is 9.23. The molecule has 0 aliphatic heterocycles. The molecule has 116 valence electrons. The van der Waals surface area contributed by atoms with E-state index in [1.807, 2.05) is 0 Å². The molecule has 0 aromatic rings. The molecule has 0 heteroatoms. The predicted octanol–water partition coefficient (Wildman–Crippen LogP) is 6.60. The first kappa shape index (κ1) is 15.1. The Kier molecular flexibility index (Phi) is 4.43. The summed E-state index contributed by atoms with van der Waals surface area (Å²) in [7, 11) is 0. The largest absolute Gasteiger partial charge is 0.0956 e. The van der Waals surface area contributed by atoms with E-state index in [1.54, 1.807) is 5.57 Å². The molecule has 0 N–H and O–H groups in total. The molecular formula is C21H32. The van der Waals surface area contributed by atoms with Crippen molar-refractivity contribution in [3.05, 3.63) is 35.5 Å². The average Bonchev–Trinajstić information content (AvgIpc) is 2.83. The van der Waals surface area contributed by atoms with Gasteiger partial charge in [-0.2, -0.15) is 0 Å². The van der Waals surface area contributed by atoms with Gasteiger partial charge in [-0.1, -0.05) is 50.1 Å². The van der Waals surface area contributed by atoms with Crippen LogP contribution >= 0.6 is 0 Å². The lowest BCUT2D eigenvalue weighted by Gasteiger charge is -2.42. The third kappa shape index (κ3) is 2.79. The van der Waals surface area contributed by atoms with Crippen molar-refractivity contribution in [2.24, 2.45) is 17.3 Å². The van der Waals surface area contributed by atoms with E-state index in [9.17, 15) is 0 Å². The van der Waals surface area contributed by atoms with E-state index in [1.165, 1.54) is 75.4 Å². The van der Waals surface area contributed by atoms with Gasteiger partial charge >= 0.3 is 0 Å². The highest BCUT2D eigenvalue weighted by Crippen LogP contribution is 2.58. The van der Waals surface area contributed by atoms with Gasteiger partial charge in [-0.15, -0.1) is 0 Å². The highest BCUT2D eigenvalue weighted by molar-refractivity contribution is 5.35. The lowest BCUT2D eigenvalue weighted by Crippen LogP contribution is -2.32. The van der Waals surface area contributed by atoms with Crippen molar-refractivity contribution in [2.75, 3.05) is 0 Å². The van der Waals surface area contributed by atoms with Crippen LogP contribution in [0, 0.1) is 17.3 Å². The minimum Gasteiger partial charge on any atom is -0.0956 e. The van der Waals surface area contributed by atoms with Gasteiger partial charge in [0.1, 0.15) is 0 Å². The summed E-state index contributed by atoms with van der Waals surface area (Å²) in [5.41, 5.74) is 5.28. The smallest absolute Gasteiger partial charge is 0.0143 e. The summed E-state index contributed by atoms with van der Waals surface area (Å²) in [6.07, 6.45) is 18.6. The van der Waals surface area contributed by atoms with Crippen LogP contribution in [0.1, 0.15) is 78.1 Å². The van der Waals surface area contributed by atoms with Crippen molar-refractivity contribution in [2.45, 2.75) is 78.1 Å². The van der Waals surface area contributed by atoms with E-state index in [0.717, 1.165) is 11.8 Å². The number of fused-ring (bicyclic) bond motifs is 1. The van der Waals surface area contributed by atoms with Crippen molar-refractivity contribution < 1.29 is 0 Å². The zero-order valence-electron chi connectivity index (χ0n) is 14.1. The Hall–Kier alpha value is -0.780. The van der Waals surface area contributed by atoms with E-state index >= 15 is 0 Å². The molecule has 0 aromatic heterocycles. The zero-order valence-corrected chi connectivity index (χ0v) is 14.1. The Labute approximate surface area is 131 Å². The second kappa shape index (κ2) is 6.15. The molecule has 2 unspecified atom stereocenters. The first-order valence-corrected chi connectivity index (χ1v) is 9.23. The molecule has 0 amide bonds. The summed E-state index contributed by atoms with van der Waals surface area (Å²) in [5.74, 6) is 1.83. The average molecular weight is 284 g/mol. The van der Waals surface area contributed by atoms with E-state index < -0.39 is 0 Å². The van der Waals surface area contributed by atoms with Gasteiger partial charge in [0.25, 0.3) is 0 Å². The number of rotatable bonds is 2. The molecule has 3 saturated carbocycles. The molecule has 0 aromatic carbocycles. The molecule has 3 rings (SSSR count). The fraction of sp³-hybridized carbons (Fsp3) is 0.714. The molecular weight excluding hydrogens is 252 g/mol. The normalized spacial score (nSPS) is 40.8. The van der Waals surface area contributed by atoms with Gasteiger partial charge in [0.15, 0.2) is 0 Å². The molecule has 0 bridgehead atoms. The van der Waals surface area contributed by atoms with Gasteiger partial charge in [-0.3, -0.25) is 0 Å². The van der Waals surface area contributed by atoms with Crippen LogP contribution in [0.3, 0.4) is 0 Å². The van der Waals surface area contributed by atoms with Crippen LogP contribution in [0.5, 0.6) is 0 Å². The van der Waals surface area contributed by atoms with Crippen LogP contribution in [0.15, 0.2) is 35.5 Å². The Bertz CT molecular complexity index is 464. The van der Waals surface area contributed by atoms with Gasteiger partial charge < -0.3 is 0 Å².